The van der Waals surface area contributed by atoms with Crippen molar-refractivity contribution in [3.05, 3.63) is 47.1 Å². The molecule has 0 aromatic carbocycles. The van der Waals surface area contributed by atoms with Gasteiger partial charge in [-0.3, -0.25) is 20.4 Å². The third-order valence-corrected chi connectivity index (χ3v) is 4.82. The van der Waals surface area contributed by atoms with E-state index in [0.29, 0.717) is 17.1 Å². The van der Waals surface area contributed by atoms with Gasteiger partial charge in [-0.25, -0.2) is 8.42 Å². The van der Waals surface area contributed by atoms with E-state index in [9.17, 15) is 18.0 Å². The minimum atomic E-state index is -3.45. The van der Waals surface area contributed by atoms with Crippen molar-refractivity contribution in [2.24, 2.45) is 4.40 Å². The number of hydrogen-bond donors (Lipinski definition) is 2. The minimum absolute atomic E-state index is 0.119. The number of carbonyl (C=O) groups excluding carboxylic acids is 2. The molecule has 9 nitrogen and oxygen atoms in total. The van der Waals surface area contributed by atoms with Gasteiger partial charge >= 0.3 is 0 Å². The van der Waals surface area contributed by atoms with Crippen molar-refractivity contribution in [2.75, 3.05) is 12.3 Å². The second-order valence-corrected chi connectivity index (χ2v) is 7.34. The van der Waals surface area contributed by atoms with Crippen LogP contribution in [0.25, 0.3) is 0 Å². The van der Waals surface area contributed by atoms with Crippen LogP contribution in [0.15, 0.2) is 38.8 Å². The normalized spacial score (nSPS) is 18.1. The molecule has 2 aliphatic heterocycles. The number of carbonyl (C=O) groups is 2. The van der Waals surface area contributed by atoms with E-state index >= 15 is 0 Å². The number of amides is 2. The molecule has 2 amide bonds. The smallest absolute Gasteiger partial charge is 0.273 e. The van der Waals surface area contributed by atoms with Crippen molar-refractivity contribution in [1.82, 2.24) is 15.8 Å². The molecule has 0 radical (unpaired) electrons. The van der Waals surface area contributed by atoms with E-state index in [0.717, 1.165) is 0 Å². The average Bonchev–Trinajstić information content (AvgIpc) is 2.89. The lowest BCUT2D eigenvalue weighted by Gasteiger charge is -2.26. The zero-order valence-corrected chi connectivity index (χ0v) is 14.4. The largest absolute Gasteiger partial charge is 0.466 e. The standard InChI is InChI=1S/C15H16N4O5S/c1-9-7-12(10(2)24-9)15(21)17-16-14(20)11-3-4-13-18-25(22,23)6-5-19(13)8-11/h3-4,7-8H,5-6H2,1-2H3,(H,16,20)(H,17,21). The number of furan rings is 1. The van der Waals surface area contributed by atoms with Gasteiger partial charge in [0.25, 0.3) is 21.8 Å². The van der Waals surface area contributed by atoms with Gasteiger partial charge in [0.15, 0.2) is 0 Å². The van der Waals surface area contributed by atoms with Crippen molar-refractivity contribution in [3.8, 4) is 0 Å². The van der Waals surface area contributed by atoms with Crippen LogP contribution < -0.4 is 10.9 Å². The molecule has 1 aromatic heterocycles. The maximum atomic E-state index is 12.2. The molecule has 0 bridgehead atoms. The summed E-state index contributed by atoms with van der Waals surface area (Å²) >= 11 is 0. The number of hydrazine groups is 1. The molecule has 0 atom stereocenters. The Balaban J connectivity index is 1.65. The van der Waals surface area contributed by atoms with Crippen LogP contribution in [0.5, 0.6) is 0 Å². The van der Waals surface area contributed by atoms with Gasteiger partial charge in [-0.2, -0.15) is 0 Å². The molecule has 0 aliphatic carbocycles. The van der Waals surface area contributed by atoms with Crippen LogP contribution in [0.2, 0.25) is 0 Å². The lowest BCUT2D eigenvalue weighted by atomic mass is 10.2. The Morgan fingerprint density at radius 1 is 1.20 bits per heavy atom. The van der Waals surface area contributed by atoms with E-state index in [1.54, 1.807) is 24.8 Å². The highest BCUT2D eigenvalue weighted by Gasteiger charge is 2.25. The number of amidine groups is 1. The summed E-state index contributed by atoms with van der Waals surface area (Å²) in [6.45, 7) is 3.58. The number of aryl methyl sites for hydroxylation is 2. The topological polar surface area (TPSA) is 121 Å². The minimum Gasteiger partial charge on any atom is -0.466 e. The summed E-state index contributed by atoms with van der Waals surface area (Å²) in [6.07, 6.45) is 4.37. The number of rotatable bonds is 2. The molecule has 10 heteroatoms. The van der Waals surface area contributed by atoms with E-state index in [4.69, 9.17) is 4.42 Å². The number of hydrogen-bond acceptors (Lipinski definition) is 6. The molecule has 2 N–H and O–H groups in total. The zero-order chi connectivity index (χ0) is 18.2. The Labute approximate surface area is 144 Å². The quantitative estimate of drug-likeness (QED) is 0.721. The molecule has 0 unspecified atom stereocenters. The van der Waals surface area contributed by atoms with Crippen molar-refractivity contribution >= 4 is 27.7 Å². The van der Waals surface area contributed by atoms with Gasteiger partial charge in [0, 0.05) is 12.7 Å². The van der Waals surface area contributed by atoms with Crippen LogP contribution in [-0.4, -0.2) is 43.3 Å². The SMILES string of the molecule is Cc1cc(C(=O)NNC(=O)C2=CN3CCS(=O)(=O)N=C3C=C2)c(C)o1. The maximum Gasteiger partial charge on any atom is 0.273 e. The van der Waals surface area contributed by atoms with E-state index < -0.39 is 21.8 Å². The van der Waals surface area contributed by atoms with Gasteiger partial charge < -0.3 is 9.32 Å². The molecule has 0 spiro atoms. The first-order valence-corrected chi connectivity index (χ1v) is 9.03. The highest BCUT2D eigenvalue weighted by Crippen LogP contribution is 2.16. The van der Waals surface area contributed by atoms with Crippen LogP contribution in [0.1, 0.15) is 21.9 Å². The molecule has 2 aliphatic rings. The first-order chi connectivity index (χ1) is 11.7. The fourth-order valence-corrected chi connectivity index (χ4v) is 3.41. The Morgan fingerprint density at radius 3 is 2.60 bits per heavy atom. The molecule has 0 fully saturated rings. The summed E-state index contributed by atoms with van der Waals surface area (Å²) in [6, 6.07) is 1.58. The Bertz CT molecular complexity index is 939. The maximum absolute atomic E-state index is 12.2. The Hall–Kier alpha value is -2.88. The average molecular weight is 364 g/mol. The molecule has 3 rings (SSSR count). The third kappa shape index (κ3) is 3.63. The number of nitrogens with one attached hydrogen (secondary N) is 2. The molecule has 3 heterocycles. The van der Waals surface area contributed by atoms with Gasteiger partial charge in [0.2, 0.25) is 0 Å². The molecular weight excluding hydrogens is 348 g/mol. The summed E-state index contributed by atoms with van der Waals surface area (Å²) in [4.78, 5) is 25.8. The van der Waals surface area contributed by atoms with Crippen molar-refractivity contribution < 1.29 is 22.4 Å². The summed E-state index contributed by atoms with van der Waals surface area (Å²) in [7, 11) is -3.45. The molecule has 0 saturated heterocycles. The summed E-state index contributed by atoms with van der Waals surface area (Å²) < 4.78 is 31.8. The van der Waals surface area contributed by atoms with Gasteiger partial charge in [-0.05, 0) is 32.1 Å². The third-order valence-electron chi connectivity index (χ3n) is 3.66. The van der Waals surface area contributed by atoms with Gasteiger partial charge in [-0.15, -0.1) is 4.40 Å². The predicted molar refractivity (Wildman–Crippen MR) is 88.9 cm³/mol. The first kappa shape index (κ1) is 17.0. The highest BCUT2D eigenvalue weighted by atomic mass is 32.2. The van der Waals surface area contributed by atoms with Crippen molar-refractivity contribution in [1.29, 1.82) is 0 Å². The fraction of sp³-hybridized carbons (Fsp3) is 0.267. The van der Waals surface area contributed by atoms with Crippen molar-refractivity contribution in [3.63, 3.8) is 0 Å². The zero-order valence-electron chi connectivity index (χ0n) is 13.6. The van der Waals surface area contributed by atoms with Gasteiger partial charge in [0.1, 0.15) is 17.4 Å². The molecule has 25 heavy (non-hydrogen) atoms. The van der Waals surface area contributed by atoms with E-state index in [1.165, 1.54) is 18.4 Å². The summed E-state index contributed by atoms with van der Waals surface area (Å²) in [5, 5.41) is 0. The van der Waals surface area contributed by atoms with E-state index in [2.05, 4.69) is 15.2 Å². The number of nitrogens with zero attached hydrogens (tertiary/aromatic N) is 2. The van der Waals surface area contributed by atoms with Crippen LogP contribution in [-0.2, 0) is 14.8 Å². The fourth-order valence-electron chi connectivity index (χ4n) is 2.44. The summed E-state index contributed by atoms with van der Waals surface area (Å²) in [5.74, 6) is 0.168. The molecule has 0 saturated carbocycles. The summed E-state index contributed by atoms with van der Waals surface area (Å²) in [5.41, 5.74) is 5.23. The second kappa shape index (κ2) is 6.20. The second-order valence-electron chi connectivity index (χ2n) is 5.58. The molecule has 1 aromatic rings. The molecule has 132 valence electrons. The Kier molecular flexibility index (Phi) is 4.21. The highest BCUT2D eigenvalue weighted by molar-refractivity contribution is 7.90. The van der Waals surface area contributed by atoms with Crippen molar-refractivity contribution in [2.45, 2.75) is 13.8 Å². The lowest BCUT2D eigenvalue weighted by molar-refractivity contribution is -0.118. The predicted octanol–water partition coefficient (Wildman–Crippen LogP) is 0.155. The van der Waals surface area contributed by atoms with Crippen LogP contribution in [0.3, 0.4) is 0 Å². The molecular formula is C15H16N4O5S. The lowest BCUT2D eigenvalue weighted by Crippen LogP contribution is -2.43. The van der Waals surface area contributed by atoms with Gasteiger partial charge in [-0.1, -0.05) is 0 Å². The van der Waals surface area contributed by atoms with E-state index in [-0.39, 0.29) is 23.7 Å². The van der Waals surface area contributed by atoms with Gasteiger partial charge in [0.05, 0.1) is 16.9 Å². The first-order valence-electron chi connectivity index (χ1n) is 7.42. The van der Waals surface area contributed by atoms with Crippen LogP contribution >= 0.6 is 0 Å². The van der Waals surface area contributed by atoms with Crippen LogP contribution in [0.4, 0.5) is 0 Å². The number of sulfonamides is 1. The number of fused-ring (bicyclic) bond motifs is 1. The monoisotopic (exact) mass is 364 g/mol. The van der Waals surface area contributed by atoms with E-state index in [1.807, 2.05) is 0 Å². The Morgan fingerprint density at radius 2 is 1.92 bits per heavy atom. The van der Waals surface area contributed by atoms with Crippen LogP contribution in [0, 0.1) is 13.8 Å².